The second-order valence-corrected chi connectivity index (χ2v) is 10.00. The lowest BCUT2D eigenvalue weighted by molar-refractivity contribution is -0.124. The molecular weight excluding hydrogens is 410 g/mol. The maximum atomic E-state index is 12.7. The zero-order valence-corrected chi connectivity index (χ0v) is 17.2. The van der Waals surface area contributed by atoms with Gasteiger partial charge in [0, 0.05) is 19.0 Å². The van der Waals surface area contributed by atoms with Gasteiger partial charge < -0.3 is 10.1 Å². The van der Waals surface area contributed by atoms with Crippen LogP contribution in [-0.2, 0) is 32.3 Å². The third-order valence-corrected chi connectivity index (χ3v) is 7.25. The van der Waals surface area contributed by atoms with Crippen molar-refractivity contribution < 1.29 is 22.7 Å². The number of hydrogen-bond donors (Lipinski definition) is 1. The van der Waals surface area contributed by atoms with Crippen LogP contribution in [0.2, 0.25) is 0 Å². The third-order valence-electron chi connectivity index (χ3n) is 5.48. The molecule has 2 aliphatic heterocycles. The van der Waals surface area contributed by atoms with Gasteiger partial charge >= 0.3 is 5.97 Å². The van der Waals surface area contributed by atoms with Crippen LogP contribution in [0.25, 0.3) is 10.9 Å². The molecule has 0 aliphatic carbocycles. The molecule has 2 aliphatic rings. The highest BCUT2D eigenvalue weighted by Gasteiger charge is 2.29. The van der Waals surface area contributed by atoms with Crippen LogP contribution in [0.1, 0.15) is 41.9 Å². The zero-order chi connectivity index (χ0) is 21.3. The molecule has 0 spiro atoms. The summed E-state index contributed by atoms with van der Waals surface area (Å²) in [4.78, 5) is 41.6. The summed E-state index contributed by atoms with van der Waals surface area (Å²) in [7, 11) is -3.11. The molecule has 1 N–H and O–H groups in total. The molecule has 160 valence electrons. The Morgan fingerprint density at radius 3 is 2.83 bits per heavy atom. The van der Waals surface area contributed by atoms with Crippen molar-refractivity contribution in [1.29, 1.82) is 0 Å². The van der Waals surface area contributed by atoms with E-state index in [0.717, 1.165) is 31.5 Å². The first-order valence-electron chi connectivity index (χ1n) is 10.0. The molecule has 0 radical (unpaired) electrons. The van der Waals surface area contributed by atoms with Gasteiger partial charge in [-0.25, -0.2) is 18.2 Å². The minimum absolute atomic E-state index is 0.0471. The summed E-state index contributed by atoms with van der Waals surface area (Å²) in [6, 6.07) is 4.10. The fourth-order valence-corrected chi connectivity index (χ4v) is 5.61. The molecule has 1 aromatic heterocycles. The maximum absolute atomic E-state index is 12.7. The number of carbonyl (C=O) groups is 2. The normalized spacial score (nSPS) is 20.3. The van der Waals surface area contributed by atoms with Crippen molar-refractivity contribution >= 4 is 32.6 Å². The largest absolute Gasteiger partial charge is 0.452 e. The highest BCUT2D eigenvalue weighted by atomic mass is 32.2. The molecular formula is C20H23N3O6S. The van der Waals surface area contributed by atoms with Gasteiger partial charge in [-0.15, -0.1) is 0 Å². The Kier molecular flexibility index (Phi) is 5.59. The standard InChI is InChI=1S/C20H23N3O6S/c24-18(21-14-7-9-30(27,28)12-14)11-29-20(26)13-5-6-15-16(10-13)22-17-4-2-1-3-8-23(17)19(15)25/h5-6,10,14H,1-4,7-9,11-12H2,(H,21,24). The Labute approximate surface area is 173 Å². The van der Waals surface area contributed by atoms with Crippen molar-refractivity contribution in [3.05, 3.63) is 39.9 Å². The second-order valence-electron chi connectivity index (χ2n) is 7.77. The summed E-state index contributed by atoms with van der Waals surface area (Å²) >= 11 is 0. The first-order valence-corrected chi connectivity index (χ1v) is 11.8. The fourth-order valence-electron chi connectivity index (χ4n) is 3.94. The smallest absolute Gasteiger partial charge is 0.338 e. The maximum Gasteiger partial charge on any atom is 0.338 e. The summed E-state index contributed by atoms with van der Waals surface area (Å²) in [5.41, 5.74) is 0.523. The molecule has 1 saturated heterocycles. The van der Waals surface area contributed by atoms with Crippen molar-refractivity contribution in [2.24, 2.45) is 0 Å². The molecule has 10 heteroatoms. The van der Waals surface area contributed by atoms with Gasteiger partial charge in [-0.1, -0.05) is 6.42 Å². The molecule has 1 fully saturated rings. The summed E-state index contributed by atoms with van der Waals surface area (Å²) in [6.07, 6.45) is 4.04. The zero-order valence-electron chi connectivity index (χ0n) is 16.4. The van der Waals surface area contributed by atoms with Crippen molar-refractivity contribution in [3.63, 3.8) is 0 Å². The summed E-state index contributed by atoms with van der Waals surface area (Å²) in [5.74, 6) is -0.578. The van der Waals surface area contributed by atoms with Gasteiger partial charge in [0.25, 0.3) is 11.5 Å². The molecule has 1 atom stereocenters. The number of hydrogen-bond acceptors (Lipinski definition) is 7. The van der Waals surface area contributed by atoms with Gasteiger partial charge in [0.2, 0.25) is 0 Å². The van der Waals surface area contributed by atoms with Gasteiger partial charge in [-0.3, -0.25) is 14.2 Å². The van der Waals surface area contributed by atoms with E-state index in [1.165, 1.54) is 12.1 Å². The Bertz CT molecular complexity index is 1170. The summed E-state index contributed by atoms with van der Waals surface area (Å²) < 4.78 is 29.7. The SMILES string of the molecule is O=C(COC(=O)c1ccc2c(=O)n3c(nc2c1)CCCCC3)NC1CCS(=O)(=O)C1. The van der Waals surface area contributed by atoms with E-state index >= 15 is 0 Å². The van der Waals surface area contributed by atoms with Crippen molar-refractivity contribution in [2.45, 2.75) is 44.7 Å². The number of nitrogens with zero attached hydrogens (tertiary/aromatic N) is 2. The van der Waals surface area contributed by atoms with E-state index in [2.05, 4.69) is 10.3 Å². The van der Waals surface area contributed by atoms with Gasteiger partial charge in [0.05, 0.1) is 28.0 Å². The topological polar surface area (TPSA) is 124 Å². The Morgan fingerprint density at radius 2 is 2.07 bits per heavy atom. The van der Waals surface area contributed by atoms with E-state index in [1.54, 1.807) is 10.6 Å². The molecule has 4 rings (SSSR count). The minimum Gasteiger partial charge on any atom is -0.452 e. The van der Waals surface area contributed by atoms with Crippen LogP contribution in [0.3, 0.4) is 0 Å². The quantitative estimate of drug-likeness (QED) is 0.700. The number of aromatic nitrogens is 2. The van der Waals surface area contributed by atoms with Gasteiger partial charge in [0.1, 0.15) is 5.82 Å². The number of aryl methyl sites for hydroxylation is 1. The van der Waals surface area contributed by atoms with Crippen LogP contribution in [-0.4, -0.2) is 54.0 Å². The Morgan fingerprint density at radius 1 is 1.23 bits per heavy atom. The molecule has 2 aromatic rings. The molecule has 1 amide bonds. The lowest BCUT2D eigenvalue weighted by Crippen LogP contribution is -2.38. The number of carbonyl (C=O) groups excluding carboxylic acids is 2. The van der Waals surface area contributed by atoms with E-state index < -0.39 is 34.4 Å². The highest BCUT2D eigenvalue weighted by Crippen LogP contribution is 2.17. The van der Waals surface area contributed by atoms with Crippen molar-refractivity contribution in [2.75, 3.05) is 18.1 Å². The van der Waals surface area contributed by atoms with Crippen LogP contribution < -0.4 is 10.9 Å². The number of nitrogens with one attached hydrogen (secondary N) is 1. The minimum atomic E-state index is -3.11. The average Bonchev–Trinajstić information content (AvgIpc) is 2.90. The predicted molar refractivity (Wildman–Crippen MR) is 109 cm³/mol. The van der Waals surface area contributed by atoms with E-state index in [0.29, 0.717) is 23.9 Å². The Balaban J connectivity index is 1.44. The fraction of sp³-hybridized carbons (Fsp3) is 0.500. The lowest BCUT2D eigenvalue weighted by Gasteiger charge is -2.12. The van der Waals surface area contributed by atoms with Gasteiger partial charge in [0.15, 0.2) is 16.4 Å². The monoisotopic (exact) mass is 433 g/mol. The molecule has 30 heavy (non-hydrogen) atoms. The highest BCUT2D eigenvalue weighted by molar-refractivity contribution is 7.91. The van der Waals surface area contributed by atoms with E-state index in [-0.39, 0.29) is 22.6 Å². The van der Waals surface area contributed by atoms with Crippen LogP contribution in [0.4, 0.5) is 0 Å². The van der Waals surface area contributed by atoms with E-state index in [1.807, 2.05) is 0 Å². The number of fused-ring (bicyclic) bond motifs is 2. The third kappa shape index (κ3) is 4.38. The van der Waals surface area contributed by atoms with Crippen LogP contribution >= 0.6 is 0 Å². The molecule has 0 bridgehead atoms. The van der Waals surface area contributed by atoms with Crippen LogP contribution in [0, 0.1) is 0 Å². The molecule has 0 saturated carbocycles. The van der Waals surface area contributed by atoms with Crippen molar-refractivity contribution in [3.8, 4) is 0 Å². The van der Waals surface area contributed by atoms with Crippen LogP contribution in [0.15, 0.2) is 23.0 Å². The molecule has 1 aromatic carbocycles. The van der Waals surface area contributed by atoms with Gasteiger partial charge in [-0.05, 0) is 37.5 Å². The van der Waals surface area contributed by atoms with Gasteiger partial charge in [-0.2, -0.15) is 0 Å². The second kappa shape index (κ2) is 8.17. The number of amides is 1. The first-order chi connectivity index (χ1) is 14.3. The van der Waals surface area contributed by atoms with E-state index in [4.69, 9.17) is 4.74 Å². The number of esters is 1. The summed E-state index contributed by atoms with van der Waals surface area (Å²) in [5, 5.41) is 3.01. The molecule has 3 heterocycles. The first kappa shape index (κ1) is 20.5. The number of sulfone groups is 1. The average molecular weight is 433 g/mol. The molecule has 1 unspecified atom stereocenters. The van der Waals surface area contributed by atoms with E-state index in [9.17, 15) is 22.8 Å². The lowest BCUT2D eigenvalue weighted by atomic mass is 10.1. The van der Waals surface area contributed by atoms with Crippen molar-refractivity contribution in [1.82, 2.24) is 14.9 Å². The van der Waals surface area contributed by atoms with Crippen LogP contribution in [0.5, 0.6) is 0 Å². The predicted octanol–water partition coefficient (Wildman–Crippen LogP) is 0.583. The number of ether oxygens (including phenoxy) is 1. The Hall–Kier alpha value is -2.75. The molecule has 9 nitrogen and oxygen atoms in total. The summed E-state index contributed by atoms with van der Waals surface area (Å²) in [6.45, 7) is 0.145. The number of rotatable bonds is 4. The number of benzene rings is 1.